The van der Waals surface area contributed by atoms with Gasteiger partial charge in [0.25, 0.3) is 0 Å². The van der Waals surface area contributed by atoms with Crippen LogP contribution in [0.15, 0.2) is 48.5 Å². The van der Waals surface area contributed by atoms with Gasteiger partial charge in [0, 0.05) is 19.8 Å². The molecule has 2 aromatic carbocycles. The van der Waals surface area contributed by atoms with E-state index in [0.29, 0.717) is 12.2 Å². The Balaban J connectivity index is 1.78. The van der Waals surface area contributed by atoms with Crippen molar-refractivity contribution in [3.8, 4) is 11.8 Å². The van der Waals surface area contributed by atoms with E-state index in [2.05, 4.69) is 17.5 Å². The molecule has 24 heavy (non-hydrogen) atoms. The molecule has 0 spiro atoms. The van der Waals surface area contributed by atoms with Gasteiger partial charge in [0.15, 0.2) is 0 Å². The second-order valence-electron chi connectivity index (χ2n) is 5.48. The predicted octanol–water partition coefficient (Wildman–Crippen LogP) is 3.65. The molecule has 0 bridgehead atoms. The first-order chi connectivity index (χ1) is 11.8. The lowest BCUT2D eigenvalue weighted by molar-refractivity contribution is 0.144. The SMILES string of the molecule is CCOCCCNCc1cccc(OCc2cccc(C#N)c2)c1. The number of rotatable bonds is 10. The molecule has 0 amide bonds. The van der Waals surface area contributed by atoms with Crippen molar-refractivity contribution in [3.05, 3.63) is 65.2 Å². The van der Waals surface area contributed by atoms with Gasteiger partial charge in [0.05, 0.1) is 11.6 Å². The third-order valence-corrected chi connectivity index (χ3v) is 3.54. The molecule has 4 nitrogen and oxygen atoms in total. The van der Waals surface area contributed by atoms with Crippen molar-refractivity contribution in [1.29, 1.82) is 5.26 Å². The molecule has 0 saturated carbocycles. The van der Waals surface area contributed by atoms with Crippen LogP contribution in [0.1, 0.15) is 30.0 Å². The van der Waals surface area contributed by atoms with Crippen molar-refractivity contribution in [2.45, 2.75) is 26.5 Å². The van der Waals surface area contributed by atoms with Crippen molar-refractivity contribution in [2.75, 3.05) is 19.8 Å². The highest BCUT2D eigenvalue weighted by molar-refractivity contribution is 5.33. The van der Waals surface area contributed by atoms with Crippen molar-refractivity contribution in [2.24, 2.45) is 0 Å². The van der Waals surface area contributed by atoms with Gasteiger partial charge in [-0.05, 0) is 55.3 Å². The van der Waals surface area contributed by atoms with Crippen molar-refractivity contribution in [1.82, 2.24) is 5.32 Å². The van der Waals surface area contributed by atoms with Crippen LogP contribution in [0.4, 0.5) is 0 Å². The predicted molar refractivity (Wildman–Crippen MR) is 94.7 cm³/mol. The lowest BCUT2D eigenvalue weighted by Gasteiger charge is -2.09. The van der Waals surface area contributed by atoms with Crippen LogP contribution < -0.4 is 10.1 Å². The topological polar surface area (TPSA) is 54.3 Å². The maximum atomic E-state index is 8.93. The van der Waals surface area contributed by atoms with E-state index in [-0.39, 0.29) is 0 Å². The van der Waals surface area contributed by atoms with Crippen LogP contribution in [-0.2, 0) is 17.9 Å². The Morgan fingerprint density at radius 2 is 1.92 bits per heavy atom. The summed E-state index contributed by atoms with van der Waals surface area (Å²) in [7, 11) is 0. The molecule has 1 N–H and O–H groups in total. The summed E-state index contributed by atoms with van der Waals surface area (Å²) in [5.41, 5.74) is 2.84. The first kappa shape index (κ1) is 18.0. The Morgan fingerprint density at radius 3 is 2.75 bits per heavy atom. The number of ether oxygens (including phenoxy) is 2. The molecule has 0 unspecified atom stereocenters. The van der Waals surface area contributed by atoms with E-state index in [9.17, 15) is 0 Å². The summed E-state index contributed by atoms with van der Waals surface area (Å²) < 4.78 is 11.1. The maximum absolute atomic E-state index is 8.93. The van der Waals surface area contributed by atoms with Crippen LogP contribution in [0, 0.1) is 11.3 Å². The van der Waals surface area contributed by atoms with E-state index in [4.69, 9.17) is 14.7 Å². The molecule has 0 radical (unpaired) electrons. The number of nitrogens with one attached hydrogen (secondary N) is 1. The minimum atomic E-state index is 0.459. The van der Waals surface area contributed by atoms with E-state index in [1.807, 2.05) is 43.3 Å². The van der Waals surface area contributed by atoms with Crippen LogP contribution in [0.2, 0.25) is 0 Å². The molecule has 0 aliphatic carbocycles. The highest BCUT2D eigenvalue weighted by Gasteiger charge is 2.00. The Morgan fingerprint density at radius 1 is 1.08 bits per heavy atom. The summed E-state index contributed by atoms with van der Waals surface area (Å²) in [4.78, 5) is 0. The van der Waals surface area contributed by atoms with Crippen LogP contribution in [0.5, 0.6) is 5.75 Å². The van der Waals surface area contributed by atoms with Crippen molar-refractivity contribution in [3.63, 3.8) is 0 Å². The Bertz CT molecular complexity index is 665. The summed E-state index contributed by atoms with van der Waals surface area (Å²) in [6.45, 7) is 5.79. The average Bonchev–Trinajstić information content (AvgIpc) is 2.63. The highest BCUT2D eigenvalue weighted by Crippen LogP contribution is 2.15. The lowest BCUT2D eigenvalue weighted by Crippen LogP contribution is -2.16. The van der Waals surface area contributed by atoms with Gasteiger partial charge in [0.2, 0.25) is 0 Å². The van der Waals surface area contributed by atoms with Gasteiger partial charge in [0.1, 0.15) is 12.4 Å². The van der Waals surface area contributed by atoms with Crippen LogP contribution in [-0.4, -0.2) is 19.8 Å². The van der Waals surface area contributed by atoms with E-state index in [1.165, 1.54) is 5.56 Å². The standard InChI is InChI=1S/C20H24N2O2/c1-2-23-11-5-10-22-15-18-7-4-9-20(13-18)24-16-19-8-3-6-17(12-19)14-21/h3-4,6-9,12-13,22H,2,5,10-11,15-16H2,1H3. The molecular weight excluding hydrogens is 300 g/mol. The van der Waals surface area contributed by atoms with Gasteiger partial charge >= 0.3 is 0 Å². The van der Waals surface area contributed by atoms with Crippen LogP contribution in [0.3, 0.4) is 0 Å². The smallest absolute Gasteiger partial charge is 0.120 e. The molecule has 0 aliphatic heterocycles. The van der Waals surface area contributed by atoms with Crippen LogP contribution in [0.25, 0.3) is 0 Å². The van der Waals surface area contributed by atoms with Gasteiger partial charge in [-0.1, -0.05) is 24.3 Å². The maximum Gasteiger partial charge on any atom is 0.120 e. The normalized spacial score (nSPS) is 10.3. The minimum absolute atomic E-state index is 0.459. The first-order valence-electron chi connectivity index (χ1n) is 8.31. The Labute approximate surface area is 144 Å². The van der Waals surface area contributed by atoms with Gasteiger partial charge in [-0.15, -0.1) is 0 Å². The molecule has 2 aromatic rings. The van der Waals surface area contributed by atoms with E-state index >= 15 is 0 Å². The summed E-state index contributed by atoms with van der Waals surface area (Å²) in [5.74, 6) is 0.839. The zero-order chi connectivity index (χ0) is 17.0. The summed E-state index contributed by atoms with van der Waals surface area (Å²) in [5, 5.41) is 12.3. The third-order valence-electron chi connectivity index (χ3n) is 3.54. The number of benzene rings is 2. The molecule has 0 atom stereocenters. The molecule has 4 heteroatoms. The van der Waals surface area contributed by atoms with E-state index in [1.54, 1.807) is 6.07 Å². The average molecular weight is 324 g/mol. The van der Waals surface area contributed by atoms with E-state index < -0.39 is 0 Å². The molecule has 0 aromatic heterocycles. The van der Waals surface area contributed by atoms with Gasteiger partial charge in [-0.3, -0.25) is 0 Å². The number of hydrogen-bond acceptors (Lipinski definition) is 4. The van der Waals surface area contributed by atoms with Gasteiger partial charge in [-0.25, -0.2) is 0 Å². The minimum Gasteiger partial charge on any atom is -0.489 e. The fraction of sp³-hybridized carbons (Fsp3) is 0.350. The summed E-state index contributed by atoms with van der Waals surface area (Å²) in [6, 6.07) is 17.7. The first-order valence-corrected chi connectivity index (χ1v) is 8.31. The molecule has 0 heterocycles. The summed E-state index contributed by atoms with van der Waals surface area (Å²) >= 11 is 0. The van der Waals surface area contributed by atoms with E-state index in [0.717, 1.165) is 44.0 Å². The largest absolute Gasteiger partial charge is 0.489 e. The number of nitriles is 1. The fourth-order valence-electron chi connectivity index (χ4n) is 2.32. The second-order valence-corrected chi connectivity index (χ2v) is 5.48. The van der Waals surface area contributed by atoms with Gasteiger partial charge in [-0.2, -0.15) is 5.26 Å². The van der Waals surface area contributed by atoms with Crippen LogP contribution >= 0.6 is 0 Å². The van der Waals surface area contributed by atoms with Crippen molar-refractivity contribution < 1.29 is 9.47 Å². The monoisotopic (exact) mass is 324 g/mol. The molecule has 0 fully saturated rings. The lowest BCUT2D eigenvalue weighted by atomic mass is 10.1. The Hall–Kier alpha value is -2.35. The molecule has 0 aliphatic rings. The molecule has 2 rings (SSSR count). The molecule has 126 valence electrons. The molecule has 0 saturated heterocycles. The van der Waals surface area contributed by atoms with Gasteiger partial charge < -0.3 is 14.8 Å². The second kappa shape index (κ2) is 10.4. The number of nitrogens with zero attached hydrogens (tertiary/aromatic N) is 1. The fourth-order valence-corrected chi connectivity index (χ4v) is 2.32. The van der Waals surface area contributed by atoms with Crippen molar-refractivity contribution >= 4 is 0 Å². The number of hydrogen-bond donors (Lipinski definition) is 1. The zero-order valence-electron chi connectivity index (χ0n) is 14.1. The summed E-state index contributed by atoms with van der Waals surface area (Å²) in [6.07, 6.45) is 1.01. The zero-order valence-corrected chi connectivity index (χ0v) is 14.1. The Kier molecular flexibility index (Phi) is 7.82. The highest BCUT2D eigenvalue weighted by atomic mass is 16.5. The molecular formula is C20H24N2O2. The quantitative estimate of drug-likeness (QED) is 0.678. The third kappa shape index (κ3) is 6.41.